The zero-order valence-electron chi connectivity index (χ0n) is 31.1. The van der Waals surface area contributed by atoms with Gasteiger partial charge in [0.1, 0.15) is 0 Å². The maximum absolute atomic E-state index is 6.14. The van der Waals surface area contributed by atoms with E-state index in [0.29, 0.717) is 19.0 Å². The van der Waals surface area contributed by atoms with Crippen molar-refractivity contribution in [3.63, 3.8) is 0 Å². The predicted octanol–water partition coefficient (Wildman–Crippen LogP) is 10.2. The minimum absolute atomic E-state index is 0.489. The van der Waals surface area contributed by atoms with E-state index in [2.05, 4.69) is 139 Å². The van der Waals surface area contributed by atoms with Crippen molar-refractivity contribution in [3.8, 4) is 22.5 Å². The number of aryl methyl sites for hydroxylation is 1. The van der Waals surface area contributed by atoms with Crippen molar-refractivity contribution in [3.05, 3.63) is 215 Å². The highest BCUT2D eigenvalue weighted by Crippen LogP contribution is 2.40. The molecule has 0 aliphatic carbocycles. The van der Waals surface area contributed by atoms with Gasteiger partial charge in [-0.3, -0.25) is 5.10 Å². The van der Waals surface area contributed by atoms with Crippen LogP contribution >= 0.6 is 0 Å². The minimum atomic E-state index is -0.847. The molecule has 8 rings (SSSR count). The van der Waals surface area contributed by atoms with Crippen LogP contribution in [-0.2, 0) is 36.3 Å². The molecule has 272 valence electrons. The van der Waals surface area contributed by atoms with Crippen molar-refractivity contribution in [1.29, 1.82) is 0 Å². The molecule has 0 spiro atoms. The Morgan fingerprint density at radius 2 is 1.16 bits per heavy atom. The van der Waals surface area contributed by atoms with E-state index in [1.165, 1.54) is 11.1 Å². The number of rotatable bonds is 15. The number of aromatic amines is 1. The van der Waals surface area contributed by atoms with Gasteiger partial charge in [-0.2, -0.15) is 5.10 Å². The molecule has 55 heavy (non-hydrogen) atoms. The van der Waals surface area contributed by atoms with Crippen molar-refractivity contribution in [1.82, 2.24) is 30.4 Å². The Kier molecular flexibility index (Phi) is 10.8. The first-order chi connectivity index (χ1) is 27.2. The summed E-state index contributed by atoms with van der Waals surface area (Å²) in [5.74, 6) is 0.561. The number of aromatic nitrogens is 6. The van der Waals surface area contributed by atoms with Gasteiger partial charge in [-0.25, -0.2) is 0 Å². The van der Waals surface area contributed by atoms with Gasteiger partial charge >= 0.3 is 0 Å². The molecule has 0 aliphatic rings. The van der Waals surface area contributed by atoms with Crippen molar-refractivity contribution in [2.45, 2.75) is 51.4 Å². The third-order valence-electron chi connectivity index (χ3n) is 10.3. The lowest BCUT2D eigenvalue weighted by atomic mass is 9.77. The Bertz CT molecular complexity index is 2310. The lowest BCUT2D eigenvalue weighted by molar-refractivity contribution is 0.104. The molecule has 2 heterocycles. The molecule has 0 bridgehead atoms. The van der Waals surface area contributed by atoms with Gasteiger partial charge in [-0.1, -0.05) is 183 Å². The summed E-state index contributed by atoms with van der Waals surface area (Å²) in [6.45, 7) is 3.27. The lowest BCUT2D eigenvalue weighted by Gasteiger charge is -2.34. The van der Waals surface area contributed by atoms with Gasteiger partial charge in [-0.15, -0.1) is 15.0 Å². The van der Waals surface area contributed by atoms with E-state index in [9.17, 15) is 0 Å². The standard InChI is InChI=1S/C48H44N6O/c1-2-3-28-45-44(46(50-49-45)35-55-34-37-18-8-4-9-19-37)33-36-29-31-38(32-30-36)42-26-16-17-27-43(42)47-51-53-54(52-47)48(39-20-10-5-11-21-39,40-22-12-6-13-23-40)41-24-14-7-15-25-41/h4-27,29-32H,2-3,28,33-35H2,1H3,(H,49,50). The normalized spacial score (nSPS) is 11.5. The van der Waals surface area contributed by atoms with Crippen LogP contribution in [-0.4, -0.2) is 30.4 Å². The van der Waals surface area contributed by atoms with E-state index in [0.717, 1.165) is 76.0 Å². The summed E-state index contributed by atoms with van der Waals surface area (Å²) in [6, 6.07) is 58.7. The molecule has 7 nitrogen and oxygen atoms in total. The molecule has 6 aromatic carbocycles. The summed E-state index contributed by atoms with van der Waals surface area (Å²) < 4.78 is 6.14. The van der Waals surface area contributed by atoms with Gasteiger partial charge in [0.25, 0.3) is 0 Å². The first-order valence-corrected chi connectivity index (χ1v) is 19.1. The number of H-pyrrole nitrogens is 1. The highest BCUT2D eigenvalue weighted by Gasteiger charge is 2.41. The van der Waals surface area contributed by atoms with Crippen molar-refractivity contribution < 1.29 is 4.74 Å². The number of tetrazole rings is 1. The summed E-state index contributed by atoms with van der Waals surface area (Å²) in [5, 5.41) is 22.8. The smallest absolute Gasteiger partial charge is 0.205 e. The molecule has 0 radical (unpaired) electrons. The molecule has 0 atom stereocenters. The molecule has 1 N–H and O–H groups in total. The number of hydrogen-bond acceptors (Lipinski definition) is 5. The molecular formula is C48H44N6O. The summed E-state index contributed by atoms with van der Waals surface area (Å²) in [7, 11) is 0. The van der Waals surface area contributed by atoms with E-state index in [1.807, 2.05) is 42.5 Å². The van der Waals surface area contributed by atoms with Crippen LogP contribution in [0, 0.1) is 0 Å². The topological polar surface area (TPSA) is 81.5 Å². The molecule has 2 aromatic heterocycles. The van der Waals surface area contributed by atoms with Crippen LogP contribution < -0.4 is 0 Å². The second-order valence-electron chi connectivity index (χ2n) is 13.8. The SMILES string of the molecule is CCCCc1n[nH]c(COCc2ccccc2)c1Cc1ccc(-c2ccccc2-c2nnn(C(c3ccccc3)(c3ccccc3)c3ccccc3)n2)cc1. The number of hydrogen-bond donors (Lipinski definition) is 1. The Balaban J connectivity index is 1.10. The van der Waals surface area contributed by atoms with E-state index >= 15 is 0 Å². The minimum Gasteiger partial charge on any atom is -0.370 e. The summed E-state index contributed by atoms with van der Waals surface area (Å²) in [5.41, 5.74) is 11.1. The van der Waals surface area contributed by atoms with Gasteiger partial charge in [0.15, 0.2) is 5.54 Å². The monoisotopic (exact) mass is 720 g/mol. The number of unbranched alkanes of at least 4 members (excludes halogenated alkanes) is 1. The predicted molar refractivity (Wildman–Crippen MR) is 218 cm³/mol. The van der Waals surface area contributed by atoms with Gasteiger partial charge in [-0.05, 0) is 57.0 Å². The van der Waals surface area contributed by atoms with Crippen LogP contribution in [0.25, 0.3) is 22.5 Å². The first-order valence-electron chi connectivity index (χ1n) is 19.1. The van der Waals surface area contributed by atoms with Crippen LogP contribution in [0.15, 0.2) is 170 Å². The molecule has 0 unspecified atom stereocenters. The van der Waals surface area contributed by atoms with Crippen LogP contribution in [0.3, 0.4) is 0 Å². The van der Waals surface area contributed by atoms with Gasteiger partial charge < -0.3 is 4.74 Å². The lowest BCUT2D eigenvalue weighted by Crippen LogP contribution is -2.39. The number of benzene rings is 6. The van der Waals surface area contributed by atoms with Gasteiger partial charge in [0.05, 0.1) is 24.6 Å². The van der Waals surface area contributed by atoms with Crippen LogP contribution in [0.2, 0.25) is 0 Å². The fourth-order valence-electron chi connectivity index (χ4n) is 7.45. The Morgan fingerprint density at radius 1 is 0.600 bits per heavy atom. The molecule has 7 heteroatoms. The second kappa shape index (κ2) is 16.7. The summed E-state index contributed by atoms with van der Waals surface area (Å²) >= 11 is 0. The molecule has 0 amide bonds. The van der Waals surface area contributed by atoms with E-state index in [4.69, 9.17) is 25.2 Å². The number of nitrogens with one attached hydrogen (secondary N) is 1. The van der Waals surface area contributed by atoms with E-state index < -0.39 is 5.54 Å². The van der Waals surface area contributed by atoms with Crippen molar-refractivity contribution >= 4 is 0 Å². The van der Waals surface area contributed by atoms with Crippen molar-refractivity contribution in [2.75, 3.05) is 0 Å². The largest absolute Gasteiger partial charge is 0.370 e. The maximum atomic E-state index is 6.14. The number of ether oxygens (including phenoxy) is 1. The first kappa shape index (κ1) is 35.6. The fourth-order valence-corrected chi connectivity index (χ4v) is 7.45. The van der Waals surface area contributed by atoms with Gasteiger partial charge in [0.2, 0.25) is 5.82 Å². The second-order valence-corrected chi connectivity index (χ2v) is 13.8. The molecule has 0 aliphatic heterocycles. The van der Waals surface area contributed by atoms with Crippen LogP contribution in [0.5, 0.6) is 0 Å². The third-order valence-corrected chi connectivity index (χ3v) is 10.3. The van der Waals surface area contributed by atoms with Crippen LogP contribution in [0.1, 0.15) is 64.5 Å². The van der Waals surface area contributed by atoms with Gasteiger partial charge in [0, 0.05) is 17.5 Å². The average Bonchev–Trinajstić information content (AvgIpc) is 3.90. The average molecular weight is 721 g/mol. The highest BCUT2D eigenvalue weighted by atomic mass is 16.5. The Labute approximate surface area is 322 Å². The quantitative estimate of drug-likeness (QED) is 0.107. The Morgan fingerprint density at radius 3 is 1.76 bits per heavy atom. The molecular weight excluding hydrogens is 677 g/mol. The van der Waals surface area contributed by atoms with Crippen LogP contribution in [0.4, 0.5) is 0 Å². The summed E-state index contributed by atoms with van der Waals surface area (Å²) in [4.78, 5) is 1.78. The molecule has 0 saturated carbocycles. The molecule has 8 aromatic rings. The third kappa shape index (κ3) is 7.52. The zero-order valence-corrected chi connectivity index (χ0v) is 31.1. The highest BCUT2D eigenvalue weighted by molar-refractivity contribution is 5.80. The molecule has 0 saturated heterocycles. The number of nitrogens with zero attached hydrogens (tertiary/aromatic N) is 5. The van der Waals surface area contributed by atoms with Crippen molar-refractivity contribution in [2.24, 2.45) is 0 Å². The molecule has 0 fully saturated rings. The Hall–Kier alpha value is -6.44. The maximum Gasteiger partial charge on any atom is 0.205 e. The fraction of sp³-hybridized carbons (Fsp3) is 0.167. The van der Waals surface area contributed by atoms with E-state index in [1.54, 1.807) is 4.80 Å². The van der Waals surface area contributed by atoms with E-state index in [-0.39, 0.29) is 0 Å². The summed E-state index contributed by atoms with van der Waals surface area (Å²) in [6.07, 6.45) is 3.94. The zero-order chi connectivity index (χ0) is 37.3.